The van der Waals surface area contributed by atoms with Gasteiger partial charge in [0.1, 0.15) is 0 Å². The molecule has 0 atom stereocenters. The van der Waals surface area contributed by atoms with Crippen LogP contribution in [0.2, 0.25) is 0 Å². The first-order chi connectivity index (χ1) is 9.19. The molecule has 0 spiro atoms. The van der Waals surface area contributed by atoms with E-state index in [2.05, 4.69) is 4.74 Å². The lowest BCUT2D eigenvalue weighted by molar-refractivity contribution is -0.151. The Labute approximate surface area is 112 Å². The highest BCUT2D eigenvalue weighted by Gasteiger charge is 2.12. The summed E-state index contributed by atoms with van der Waals surface area (Å²) in [6.45, 7) is 0.467. The summed E-state index contributed by atoms with van der Waals surface area (Å²) < 4.78 is 15.0. The van der Waals surface area contributed by atoms with Gasteiger partial charge in [-0.1, -0.05) is 12.1 Å². The third kappa shape index (κ3) is 4.99. The maximum atomic E-state index is 11.2. The lowest BCUT2D eigenvalue weighted by atomic mass is 10.2. The van der Waals surface area contributed by atoms with Gasteiger partial charge in [-0.3, -0.25) is 4.79 Å². The molecule has 0 aliphatic heterocycles. The van der Waals surface area contributed by atoms with Crippen LogP contribution in [0.5, 0.6) is 11.5 Å². The number of hydrogen-bond donors (Lipinski definition) is 0. The summed E-state index contributed by atoms with van der Waals surface area (Å²) in [7, 11) is 2.78. The predicted molar refractivity (Wildman–Crippen MR) is 69.4 cm³/mol. The number of carbonyl (C=O) groups is 2. The molecule has 0 aliphatic rings. The molecule has 0 saturated heterocycles. The fourth-order valence-corrected chi connectivity index (χ4v) is 1.52. The number of ether oxygens (including phenoxy) is 3. The fraction of sp³-hybridized carbons (Fsp3) is 0.429. The van der Waals surface area contributed by atoms with E-state index in [4.69, 9.17) is 9.47 Å². The van der Waals surface area contributed by atoms with Crippen LogP contribution in [0.25, 0.3) is 0 Å². The summed E-state index contributed by atoms with van der Waals surface area (Å²) in [6.07, 6.45) is 1.45. The molecule has 5 nitrogen and oxygen atoms in total. The van der Waals surface area contributed by atoms with Gasteiger partial charge in [0.2, 0.25) is 5.78 Å². The Bertz CT molecular complexity index is 428. The van der Waals surface area contributed by atoms with E-state index in [1.165, 1.54) is 7.11 Å². The predicted octanol–water partition coefficient (Wildman–Crippen LogP) is 1.99. The SMILES string of the molecule is COC(=O)C(=O)CCCCOc1ccccc1OC. The first kappa shape index (κ1) is 15.0. The molecule has 0 amide bonds. The van der Waals surface area contributed by atoms with Crippen LogP contribution in [0.1, 0.15) is 19.3 Å². The second kappa shape index (κ2) is 8.13. The van der Waals surface area contributed by atoms with Crippen molar-refractivity contribution in [3.8, 4) is 11.5 Å². The van der Waals surface area contributed by atoms with Crippen LogP contribution >= 0.6 is 0 Å². The minimum Gasteiger partial charge on any atom is -0.493 e. The van der Waals surface area contributed by atoms with Crippen molar-refractivity contribution in [2.75, 3.05) is 20.8 Å². The molecule has 1 rings (SSSR count). The van der Waals surface area contributed by atoms with E-state index in [-0.39, 0.29) is 6.42 Å². The van der Waals surface area contributed by atoms with Gasteiger partial charge >= 0.3 is 5.97 Å². The van der Waals surface area contributed by atoms with E-state index >= 15 is 0 Å². The largest absolute Gasteiger partial charge is 0.493 e. The molecule has 0 aromatic heterocycles. The average Bonchev–Trinajstić information content (AvgIpc) is 2.46. The van der Waals surface area contributed by atoms with Gasteiger partial charge in [0.15, 0.2) is 11.5 Å². The molecule has 0 bridgehead atoms. The van der Waals surface area contributed by atoms with Crippen molar-refractivity contribution in [2.45, 2.75) is 19.3 Å². The third-order valence-corrected chi connectivity index (χ3v) is 2.54. The Kier molecular flexibility index (Phi) is 6.43. The number of carbonyl (C=O) groups excluding carboxylic acids is 2. The standard InChI is InChI=1S/C14H18O5/c1-17-12-8-3-4-9-13(12)19-10-6-5-7-11(15)14(16)18-2/h3-4,8-9H,5-7,10H2,1-2H3. The maximum absolute atomic E-state index is 11.2. The molecular formula is C14H18O5. The Hall–Kier alpha value is -2.04. The van der Waals surface area contributed by atoms with Gasteiger partial charge in [0, 0.05) is 6.42 Å². The Morgan fingerprint density at radius 2 is 1.74 bits per heavy atom. The van der Waals surface area contributed by atoms with E-state index in [0.29, 0.717) is 30.9 Å². The normalized spacial score (nSPS) is 9.79. The third-order valence-electron chi connectivity index (χ3n) is 2.54. The van der Waals surface area contributed by atoms with E-state index in [9.17, 15) is 9.59 Å². The number of para-hydroxylation sites is 2. The first-order valence-corrected chi connectivity index (χ1v) is 6.06. The molecule has 104 valence electrons. The quantitative estimate of drug-likeness (QED) is 0.409. The van der Waals surface area contributed by atoms with Crippen molar-refractivity contribution in [3.63, 3.8) is 0 Å². The van der Waals surface area contributed by atoms with Crippen LogP contribution in [0.4, 0.5) is 0 Å². The van der Waals surface area contributed by atoms with Crippen LogP contribution in [0.15, 0.2) is 24.3 Å². The van der Waals surface area contributed by atoms with Crippen molar-refractivity contribution in [1.29, 1.82) is 0 Å². The fourth-order valence-electron chi connectivity index (χ4n) is 1.52. The molecule has 5 heteroatoms. The first-order valence-electron chi connectivity index (χ1n) is 6.06. The van der Waals surface area contributed by atoms with Crippen molar-refractivity contribution in [2.24, 2.45) is 0 Å². The molecule has 0 heterocycles. The van der Waals surface area contributed by atoms with Gasteiger partial charge in [-0.25, -0.2) is 4.79 Å². The zero-order valence-corrected chi connectivity index (χ0v) is 11.2. The number of ketones is 1. The van der Waals surface area contributed by atoms with Crippen molar-refractivity contribution in [3.05, 3.63) is 24.3 Å². The van der Waals surface area contributed by atoms with Crippen LogP contribution in [-0.2, 0) is 14.3 Å². The molecule has 0 saturated carbocycles. The minimum atomic E-state index is -0.786. The van der Waals surface area contributed by atoms with E-state index in [1.54, 1.807) is 7.11 Å². The minimum absolute atomic E-state index is 0.182. The zero-order valence-electron chi connectivity index (χ0n) is 11.2. The van der Waals surface area contributed by atoms with Crippen molar-refractivity contribution >= 4 is 11.8 Å². The summed E-state index contributed by atoms with van der Waals surface area (Å²) in [5, 5.41) is 0. The summed E-state index contributed by atoms with van der Waals surface area (Å²) in [5.41, 5.74) is 0. The van der Waals surface area contributed by atoms with Crippen LogP contribution in [0.3, 0.4) is 0 Å². The van der Waals surface area contributed by atoms with E-state index in [0.717, 1.165) is 0 Å². The number of benzene rings is 1. The molecule has 1 aromatic rings. The zero-order chi connectivity index (χ0) is 14.1. The van der Waals surface area contributed by atoms with Crippen LogP contribution < -0.4 is 9.47 Å². The molecule has 1 aromatic carbocycles. The van der Waals surface area contributed by atoms with Crippen LogP contribution in [0, 0.1) is 0 Å². The average molecular weight is 266 g/mol. The Morgan fingerprint density at radius 1 is 1.05 bits per heavy atom. The summed E-state index contributed by atoms with van der Waals surface area (Å²) in [5.74, 6) is 0.0582. The number of esters is 1. The molecular weight excluding hydrogens is 248 g/mol. The topological polar surface area (TPSA) is 61.8 Å². The summed E-state index contributed by atoms with van der Waals surface area (Å²) in [6, 6.07) is 7.36. The molecule has 0 radical (unpaired) electrons. The number of methoxy groups -OCH3 is 2. The highest BCUT2D eigenvalue weighted by Crippen LogP contribution is 2.25. The van der Waals surface area contributed by atoms with Gasteiger partial charge in [-0.05, 0) is 25.0 Å². The lowest BCUT2D eigenvalue weighted by Gasteiger charge is -2.09. The molecule has 0 aliphatic carbocycles. The van der Waals surface area contributed by atoms with Crippen molar-refractivity contribution in [1.82, 2.24) is 0 Å². The highest BCUT2D eigenvalue weighted by atomic mass is 16.5. The number of rotatable bonds is 8. The van der Waals surface area contributed by atoms with Crippen molar-refractivity contribution < 1.29 is 23.8 Å². The molecule has 0 unspecified atom stereocenters. The van der Waals surface area contributed by atoms with Gasteiger partial charge in [0.25, 0.3) is 0 Å². The second-order valence-electron chi connectivity index (χ2n) is 3.87. The summed E-state index contributed by atoms with van der Waals surface area (Å²) in [4.78, 5) is 22.0. The lowest BCUT2D eigenvalue weighted by Crippen LogP contribution is -2.15. The number of unbranched alkanes of at least 4 members (excludes halogenated alkanes) is 1. The Balaban J connectivity index is 2.24. The molecule has 0 fully saturated rings. The van der Waals surface area contributed by atoms with Gasteiger partial charge in [-0.15, -0.1) is 0 Å². The smallest absolute Gasteiger partial charge is 0.374 e. The highest BCUT2D eigenvalue weighted by molar-refractivity contribution is 6.33. The van der Waals surface area contributed by atoms with E-state index in [1.807, 2.05) is 24.3 Å². The Morgan fingerprint density at radius 3 is 2.37 bits per heavy atom. The molecule has 19 heavy (non-hydrogen) atoms. The number of hydrogen-bond acceptors (Lipinski definition) is 5. The van der Waals surface area contributed by atoms with Gasteiger partial charge < -0.3 is 14.2 Å². The van der Waals surface area contributed by atoms with Gasteiger partial charge in [0.05, 0.1) is 20.8 Å². The molecule has 0 N–H and O–H groups in total. The van der Waals surface area contributed by atoms with Crippen LogP contribution in [-0.4, -0.2) is 32.6 Å². The number of Topliss-reactive ketones (excluding diaryl/α,β-unsaturated/α-hetero) is 1. The second-order valence-corrected chi connectivity index (χ2v) is 3.87. The monoisotopic (exact) mass is 266 g/mol. The summed E-state index contributed by atoms with van der Waals surface area (Å²) >= 11 is 0. The van der Waals surface area contributed by atoms with E-state index < -0.39 is 11.8 Å². The maximum Gasteiger partial charge on any atom is 0.374 e. The van der Waals surface area contributed by atoms with Gasteiger partial charge in [-0.2, -0.15) is 0 Å².